The quantitative estimate of drug-likeness (QED) is 0.816. The van der Waals surface area contributed by atoms with Crippen molar-refractivity contribution in [3.63, 3.8) is 0 Å². The van der Waals surface area contributed by atoms with Gasteiger partial charge in [-0.3, -0.25) is 0 Å². The largest absolute Gasteiger partial charge is 0.397 e. The van der Waals surface area contributed by atoms with Crippen LogP contribution in [0, 0.1) is 5.92 Å². The number of nitrogens with zero attached hydrogens (tertiary/aromatic N) is 1. The second kappa shape index (κ2) is 4.93. The molecule has 6 heteroatoms. The zero-order valence-electron chi connectivity index (χ0n) is 12.5. The summed E-state index contributed by atoms with van der Waals surface area (Å²) in [5.74, 6) is 0.659. The molecular formula is C14H23N3O2S. The predicted octanol–water partition coefficient (Wildman–Crippen LogP) is 2.12. The third-order valence-corrected chi connectivity index (χ3v) is 5.67. The first kappa shape index (κ1) is 15.1. The number of rotatable bonds is 5. The Morgan fingerprint density at radius 3 is 2.35 bits per heavy atom. The molecule has 0 spiro atoms. The van der Waals surface area contributed by atoms with Crippen molar-refractivity contribution in [2.75, 3.05) is 25.1 Å². The van der Waals surface area contributed by atoms with E-state index in [-0.39, 0.29) is 10.4 Å². The summed E-state index contributed by atoms with van der Waals surface area (Å²) in [5.41, 5.74) is 7.23. The first-order valence-corrected chi connectivity index (χ1v) is 8.19. The minimum Gasteiger partial charge on any atom is -0.397 e. The topological polar surface area (TPSA) is 75.4 Å². The van der Waals surface area contributed by atoms with E-state index in [0.29, 0.717) is 11.6 Å². The van der Waals surface area contributed by atoms with Crippen LogP contribution in [0.1, 0.15) is 26.7 Å². The van der Waals surface area contributed by atoms with E-state index in [4.69, 9.17) is 5.73 Å². The molecule has 0 atom stereocenters. The van der Waals surface area contributed by atoms with Crippen LogP contribution in [0.4, 0.5) is 11.4 Å². The van der Waals surface area contributed by atoms with Gasteiger partial charge in [-0.25, -0.2) is 12.7 Å². The number of sulfonamides is 1. The third kappa shape index (κ3) is 2.91. The fourth-order valence-electron chi connectivity index (χ4n) is 2.28. The average Bonchev–Trinajstić information content (AvgIpc) is 3.15. The van der Waals surface area contributed by atoms with Crippen molar-refractivity contribution in [1.82, 2.24) is 4.31 Å². The summed E-state index contributed by atoms with van der Waals surface area (Å²) in [6.45, 7) is 4.29. The number of nitrogen functional groups attached to an aromatic ring is 1. The van der Waals surface area contributed by atoms with Crippen molar-refractivity contribution in [2.45, 2.75) is 37.1 Å². The van der Waals surface area contributed by atoms with Crippen LogP contribution < -0.4 is 11.1 Å². The summed E-state index contributed by atoms with van der Waals surface area (Å²) in [4.78, 5) is 0.217. The lowest BCUT2D eigenvalue weighted by Gasteiger charge is -2.28. The molecule has 5 nitrogen and oxygen atoms in total. The normalized spacial score (nSPS) is 16.4. The van der Waals surface area contributed by atoms with Crippen LogP contribution >= 0.6 is 0 Å². The van der Waals surface area contributed by atoms with Gasteiger partial charge in [0, 0.05) is 19.6 Å². The van der Waals surface area contributed by atoms with Crippen LogP contribution in [0.15, 0.2) is 23.1 Å². The fraction of sp³-hybridized carbons (Fsp3) is 0.571. The van der Waals surface area contributed by atoms with Crippen LogP contribution in [-0.2, 0) is 10.0 Å². The van der Waals surface area contributed by atoms with Gasteiger partial charge in [-0.05, 0) is 50.8 Å². The van der Waals surface area contributed by atoms with Gasteiger partial charge in [-0.2, -0.15) is 0 Å². The van der Waals surface area contributed by atoms with Gasteiger partial charge in [0.2, 0.25) is 10.0 Å². The van der Waals surface area contributed by atoms with Crippen molar-refractivity contribution < 1.29 is 8.42 Å². The number of nitrogens with one attached hydrogen (secondary N) is 1. The Morgan fingerprint density at radius 2 is 1.90 bits per heavy atom. The zero-order valence-corrected chi connectivity index (χ0v) is 13.3. The molecule has 0 amide bonds. The highest BCUT2D eigenvalue weighted by atomic mass is 32.2. The molecule has 1 aliphatic carbocycles. The lowest BCUT2D eigenvalue weighted by Crippen LogP contribution is -2.33. The van der Waals surface area contributed by atoms with Gasteiger partial charge in [-0.15, -0.1) is 0 Å². The van der Waals surface area contributed by atoms with Crippen LogP contribution in [0.3, 0.4) is 0 Å². The minimum absolute atomic E-state index is 0.0178. The molecule has 0 unspecified atom stereocenters. The SMILES string of the molecule is CN(C)S(=O)(=O)c1ccc(NC(C)(C)C2CC2)c(N)c1. The lowest BCUT2D eigenvalue weighted by atomic mass is 9.98. The van der Waals surface area contributed by atoms with Crippen LogP contribution in [0.25, 0.3) is 0 Å². The molecule has 3 N–H and O–H groups in total. The highest BCUT2D eigenvalue weighted by molar-refractivity contribution is 7.89. The Hall–Kier alpha value is -1.27. The van der Waals surface area contributed by atoms with E-state index in [1.165, 1.54) is 37.3 Å². The highest BCUT2D eigenvalue weighted by Gasteiger charge is 2.37. The second-order valence-corrected chi connectivity index (χ2v) is 8.31. The van der Waals surface area contributed by atoms with E-state index in [1.807, 2.05) is 0 Å². The molecule has 20 heavy (non-hydrogen) atoms. The van der Waals surface area contributed by atoms with Crippen LogP contribution in [0.5, 0.6) is 0 Å². The van der Waals surface area contributed by atoms with Crippen molar-refractivity contribution in [3.05, 3.63) is 18.2 Å². The van der Waals surface area contributed by atoms with Gasteiger partial charge < -0.3 is 11.1 Å². The van der Waals surface area contributed by atoms with Gasteiger partial charge in [0.25, 0.3) is 0 Å². The zero-order chi connectivity index (χ0) is 15.1. The molecule has 1 fully saturated rings. The van der Waals surface area contributed by atoms with Crippen LogP contribution in [-0.4, -0.2) is 32.4 Å². The van der Waals surface area contributed by atoms with E-state index >= 15 is 0 Å². The molecular weight excluding hydrogens is 274 g/mol. The first-order valence-electron chi connectivity index (χ1n) is 6.75. The van der Waals surface area contributed by atoms with E-state index in [0.717, 1.165) is 5.69 Å². The summed E-state index contributed by atoms with van der Waals surface area (Å²) >= 11 is 0. The molecule has 0 aliphatic heterocycles. The highest BCUT2D eigenvalue weighted by Crippen LogP contribution is 2.41. The molecule has 1 aromatic rings. The van der Waals surface area contributed by atoms with Crippen molar-refractivity contribution >= 4 is 21.4 Å². The molecule has 112 valence electrons. The van der Waals surface area contributed by atoms with Gasteiger partial charge in [0.1, 0.15) is 0 Å². The summed E-state index contributed by atoms with van der Waals surface area (Å²) in [7, 11) is -0.423. The fourth-order valence-corrected chi connectivity index (χ4v) is 3.22. The Labute approximate surface area is 121 Å². The predicted molar refractivity (Wildman–Crippen MR) is 82.2 cm³/mol. The number of hydrogen-bond acceptors (Lipinski definition) is 4. The van der Waals surface area contributed by atoms with Gasteiger partial charge >= 0.3 is 0 Å². The van der Waals surface area contributed by atoms with Crippen molar-refractivity contribution in [2.24, 2.45) is 5.92 Å². The van der Waals surface area contributed by atoms with Crippen molar-refractivity contribution in [3.8, 4) is 0 Å². The summed E-state index contributed by atoms with van der Waals surface area (Å²) in [6.07, 6.45) is 2.46. The summed E-state index contributed by atoms with van der Waals surface area (Å²) in [6, 6.07) is 4.85. The molecule has 0 saturated heterocycles. The molecule has 0 heterocycles. The molecule has 0 aromatic heterocycles. The smallest absolute Gasteiger partial charge is 0.242 e. The molecule has 1 saturated carbocycles. The molecule has 1 aliphatic rings. The van der Waals surface area contributed by atoms with Gasteiger partial charge in [0.05, 0.1) is 16.3 Å². The molecule has 2 rings (SSSR count). The maximum absolute atomic E-state index is 12.0. The Balaban J connectivity index is 2.27. The maximum Gasteiger partial charge on any atom is 0.242 e. The molecule has 1 aromatic carbocycles. The Bertz CT molecular complexity index is 605. The molecule has 0 bridgehead atoms. The number of benzene rings is 1. The second-order valence-electron chi connectivity index (χ2n) is 6.16. The van der Waals surface area contributed by atoms with Crippen molar-refractivity contribution in [1.29, 1.82) is 0 Å². The lowest BCUT2D eigenvalue weighted by molar-refractivity contribution is 0.495. The maximum atomic E-state index is 12.0. The van der Waals surface area contributed by atoms with Gasteiger partial charge in [-0.1, -0.05) is 0 Å². The first-order chi connectivity index (χ1) is 9.14. The average molecular weight is 297 g/mol. The van der Waals surface area contributed by atoms with E-state index < -0.39 is 10.0 Å². The minimum atomic E-state index is -3.44. The number of anilines is 2. The monoisotopic (exact) mass is 297 g/mol. The number of nitrogens with two attached hydrogens (primary N) is 1. The van der Waals surface area contributed by atoms with Gasteiger partial charge in [0.15, 0.2) is 0 Å². The standard InChI is InChI=1S/C14H23N3O2S/c1-14(2,10-5-6-10)16-13-8-7-11(9-12(13)15)20(18,19)17(3)4/h7-10,16H,5-6,15H2,1-4H3. The van der Waals surface area contributed by atoms with E-state index in [9.17, 15) is 8.42 Å². The Morgan fingerprint density at radius 1 is 1.30 bits per heavy atom. The molecule has 0 radical (unpaired) electrons. The summed E-state index contributed by atoms with van der Waals surface area (Å²) in [5, 5.41) is 3.42. The van der Waals surface area contributed by atoms with E-state index in [1.54, 1.807) is 12.1 Å². The summed E-state index contributed by atoms with van der Waals surface area (Å²) < 4.78 is 25.3. The Kier molecular flexibility index (Phi) is 3.73. The third-order valence-electron chi connectivity index (χ3n) is 3.86. The van der Waals surface area contributed by atoms with Crippen LogP contribution in [0.2, 0.25) is 0 Å². The van der Waals surface area contributed by atoms with E-state index in [2.05, 4.69) is 19.2 Å². The number of hydrogen-bond donors (Lipinski definition) is 2.